The van der Waals surface area contributed by atoms with Crippen LogP contribution in [-0.4, -0.2) is 98.6 Å². The van der Waals surface area contributed by atoms with Crippen molar-refractivity contribution in [3.05, 3.63) is 0 Å². The lowest BCUT2D eigenvalue weighted by Crippen LogP contribution is -2.63. The summed E-state index contributed by atoms with van der Waals surface area (Å²) in [4.78, 5) is 10.3. The number of hydrogen-bond donors (Lipinski definition) is 0. The molecule has 0 amide bonds. The average molecular weight is 266 g/mol. The molecule has 4 heteroatoms. The topological polar surface area (TPSA) is 13.0 Å². The van der Waals surface area contributed by atoms with Crippen LogP contribution in [0.1, 0.15) is 12.8 Å². The summed E-state index contributed by atoms with van der Waals surface area (Å²) < 4.78 is 0. The standard InChI is InChI=1S/C15H30N4/c1-16-5-3-14(4-6-16)11-18-12-15(13-18)19-9-7-17(2)8-10-19/h14-15H,3-13H2,1-2H3. The van der Waals surface area contributed by atoms with Gasteiger partial charge in [-0.3, -0.25) is 9.80 Å². The van der Waals surface area contributed by atoms with Gasteiger partial charge in [-0.2, -0.15) is 0 Å². The van der Waals surface area contributed by atoms with Gasteiger partial charge in [0.2, 0.25) is 0 Å². The molecule has 19 heavy (non-hydrogen) atoms. The molecule has 110 valence electrons. The molecular formula is C15H30N4. The molecule has 3 heterocycles. The van der Waals surface area contributed by atoms with Gasteiger partial charge in [0, 0.05) is 51.9 Å². The van der Waals surface area contributed by atoms with Crippen molar-refractivity contribution in [2.24, 2.45) is 5.92 Å². The molecule has 0 atom stereocenters. The first-order valence-electron chi connectivity index (χ1n) is 8.04. The van der Waals surface area contributed by atoms with Crippen LogP contribution in [0.15, 0.2) is 0 Å². The van der Waals surface area contributed by atoms with Crippen LogP contribution in [0.4, 0.5) is 0 Å². The molecule has 0 aromatic rings. The summed E-state index contributed by atoms with van der Waals surface area (Å²) in [6.45, 7) is 11.7. The molecular weight excluding hydrogens is 236 g/mol. The van der Waals surface area contributed by atoms with Gasteiger partial charge in [-0.25, -0.2) is 0 Å². The molecule has 0 aromatic carbocycles. The predicted octanol–water partition coefficient (Wildman–Crippen LogP) is 0.260. The number of likely N-dealkylation sites (N-methyl/N-ethyl adjacent to an activating group) is 1. The molecule has 3 aliphatic heterocycles. The second kappa shape index (κ2) is 6.08. The van der Waals surface area contributed by atoms with Crippen molar-refractivity contribution in [2.75, 3.05) is 73.0 Å². The van der Waals surface area contributed by atoms with Gasteiger partial charge in [0.15, 0.2) is 0 Å². The van der Waals surface area contributed by atoms with Gasteiger partial charge in [0.1, 0.15) is 0 Å². The molecule has 0 spiro atoms. The summed E-state index contributed by atoms with van der Waals surface area (Å²) in [5.41, 5.74) is 0. The van der Waals surface area contributed by atoms with E-state index in [-0.39, 0.29) is 0 Å². The molecule has 3 aliphatic rings. The van der Waals surface area contributed by atoms with Crippen molar-refractivity contribution in [1.82, 2.24) is 19.6 Å². The normalized spacial score (nSPS) is 30.6. The van der Waals surface area contributed by atoms with Crippen LogP contribution in [0.5, 0.6) is 0 Å². The van der Waals surface area contributed by atoms with E-state index in [1.807, 2.05) is 0 Å². The van der Waals surface area contributed by atoms with E-state index in [1.165, 1.54) is 71.7 Å². The number of piperazine rings is 1. The van der Waals surface area contributed by atoms with Crippen molar-refractivity contribution in [3.63, 3.8) is 0 Å². The highest BCUT2D eigenvalue weighted by Gasteiger charge is 2.34. The molecule has 0 N–H and O–H groups in total. The lowest BCUT2D eigenvalue weighted by molar-refractivity contribution is -0.00232. The number of hydrogen-bond acceptors (Lipinski definition) is 4. The van der Waals surface area contributed by atoms with Gasteiger partial charge >= 0.3 is 0 Å². The maximum atomic E-state index is 2.71. The van der Waals surface area contributed by atoms with Crippen LogP contribution in [-0.2, 0) is 0 Å². The Balaban J connectivity index is 1.34. The number of likely N-dealkylation sites (tertiary alicyclic amines) is 2. The van der Waals surface area contributed by atoms with Gasteiger partial charge in [-0.15, -0.1) is 0 Å². The zero-order valence-corrected chi connectivity index (χ0v) is 12.7. The fraction of sp³-hybridized carbons (Fsp3) is 1.00. The van der Waals surface area contributed by atoms with Gasteiger partial charge in [-0.05, 0) is 45.9 Å². The third kappa shape index (κ3) is 3.48. The second-order valence-electron chi connectivity index (χ2n) is 6.96. The Morgan fingerprint density at radius 3 is 2.00 bits per heavy atom. The van der Waals surface area contributed by atoms with E-state index in [0.717, 1.165) is 12.0 Å². The van der Waals surface area contributed by atoms with Crippen LogP contribution in [0.2, 0.25) is 0 Å². The first-order chi connectivity index (χ1) is 9.20. The number of rotatable bonds is 3. The van der Waals surface area contributed by atoms with E-state index in [2.05, 4.69) is 33.7 Å². The van der Waals surface area contributed by atoms with Crippen LogP contribution in [0.3, 0.4) is 0 Å². The monoisotopic (exact) mass is 266 g/mol. The SMILES string of the molecule is CN1CCC(CN2CC(N3CCN(C)CC3)C2)CC1. The molecule has 0 aromatic heterocycles. The molecule has 0 aliphatic carbocycles. The molecule has 3 rings (SSSR count). The minimum atomic E-state index is 0.861. The van der Waals surface area contributed by atoms with Crippen molar-refractivity contribution < 1.29 is 0 Å². The fourth-order valence-corrected chi connectivity index (χ4v) is 3.72. The fourth-order valence-electron chi connectivity index (χ4n) is 3.72. The van der Waals surface area contributed by atoms with Crippen molar-refractivity contribution in [3.8, 4) is 0 Å². The van der Waals surface area contributed by atoms with Crippen LogP contribution in [0, 0.1) is 5.92 Å². The van der Waals surface area contributed by atoms with Gasteiger partial charge < -0.3 is 9.80 Å². The summed E-state index contributed by atoms with van der Waals surface area (Å²) in [5, 5.41) is 0. The smallest absolute Gasteiger partial charge is 0.0351 e. The van der Waals surface area contributed by atoms with Crippen LogP contribution in [0.25, 0.3) is 0 Å². The van der Waals surface area contributed by atoms with Gasteiger partial charge in [0.25, 0.3) is 0 Å². The maximum absolute atomic E-state index is 2.71. The van der Waals surface area contributed by atoms with Crippen LogP contribution < -0.4 is 0 Å². The lowest BCUT2D eigenvalue weighted by atomic mass is 9.94. The molecule has 3 fully saturated rings. The quantitative estimate of drug-likeness (QED) is 0.726. The van der Waals surface area contributed by atoms with E-state index in [9.17, 15) is 0 Å². The molecule has 0 saturated carbocycles. The molecule has 0 radical (unpaired) electrons. The highest BCUT2D eigenvalue weighted by atomic mass is 15.3. The maximum Gasteiger partial charge on any atom is 0.0351 e. The Morgan fingerprint density at radius 1 is 0.789 bits per heavy atom. The Hall–Kier alpha value is -0.160. The summed E-state index contributed by atoms with van der Waals surface area (Å²) in [5.74, 6) is 0.963. The summed E-state index contributed by atoms with van der Waals surface area (Å²) in [6, 6.07) is 0.861. The van der Waals surface area contributed by atoms with Crippen LogP contribution >= 0.6 is 0 Å². The lowest BCUT2D eigenvalue weighted by Gasteiger charge is -2.49. The molecule has 4 nitrogen and oxygen atoms in total. The number of nitrogens with zero attached hydrogens (tertiary/aromatic N) is 4. The third-order valence-corrected chi connectivity index (χ3v) is 5.35. The Bertz CT molecular complexity index is 274. The predicted molar refractivity (Wildman–Crippen MR) is 79.5 cm³/mol. The van der Waals surface area contributed by atoms with E-state index in [0.29, 0.717) is 0 Å². The van der Waals surface area contributed by atoms with E-state index >= 15 is 0 Å². The second-order valence-corrected chi connectivity index (χ2v) is 6.96. The van der Waals surface area contributed by atoms with Crippen molar-refractivity contribution >= 4 is 0 Å². The van der Waals surface area contributed by atoms with E-state index in [1.54, 1.807) is 0 Å². The van der Waals surface area contributed by atoms with Crippen molar-refractivity contribution in [2.45, 2.75) is 18.9 Å². The highest BCUT2D eigenvalue weighted by molar-refractivity contribution is 4.91. The van der Waals surface area contributed by atoms with Gasteiger partial charge in [0.05, 0.1) is 0 Å². The molecule has 0 bridgehead atoms. The molecule has 0 unspecified atom stereocenters. The zero-order chi connectivity index (χ0) is 13.2. The summed E-state index contributed by atoms with van der Waals surface area (Å²) in [6.07, 6.45) is 2.82. The summed E-state index contributed by atoms with van der Waals surface area (Å²) >= 11 is 0. The van der Waals surface area contributed by atoms with E-state index in [4.69, 9.17) is 0 Å². The minimum absolute atomic E-state index is 0.861. The average Bonchev–Trinajstić information content (AvgIpc) is 2.37. The highest BCUT2D eigenvalue weighted by Crippen LogP contribution is 2.22. The van der Waals surface area contributed by atoms with Crippen molar-refractivity contribution in [1.29, 1.82) is 0 Å². The van der Waals surface area contributed by atoms with E-state index < -0.39 is 0 Å². The largest absolute Gasteiger partial charge is 0.306 e. The Kier molecular flexibility index (Phi) is 4.42. The Labute approximate surface area is 118 Å². The third-order valence-electron chi connectivity index (χ3n) is 5.35. The number of piperidine rings is 1. The zero-order valence-electron chi connectivity index (χ0n) is 12.7. The van der Waals surface area contributed by atoms with Gasteiger partial charge in [-0.1, -0.05) is 0 Å². The minimum Gasteiger partial charge on any atom is -0.306 e. The first-order valence-corrected chi connectivity index (χ1v) is 8.04. The Morgan fingerprint density at radius 2 is 1.37 bits per heavy atom. The molecule has 3 saturated heterocycles. The first kappa shape index (κ1) is 13.8. The summed E-state index contributed by atoms with van der Waals surface area (Å²) in [7, 11) is 4.49.